The number of hydrogen-bond acceptors (Lipinski definition) is 2. The molecule has 0 fully saturated rings. The zero-order valence-corrected chi connectivity index (χ0v) is 8.01. The van der Waals surface area contributed by atoms with Gasteiger partial charge in [-0.2, -0.15) is 5.26 Å². The average molecular weight is 207 g/mol. The highest BCUT2D eigenvalue weighted by Gasteiger charge is 2.03. The maximum Gasteiger partial charge on any atom is 0.247 e. The molecule has 1 N–H and O–H groups in total. The van der Waals surface area contributed by atoms with Crippen LogP contribution in [0.5, 0.6) is 0 Å². The van der Waals surface area contributed by atoms with Gasteiger partial charge in [-0.25, -0.2) is 0 Å². The van der Waals surface area contributed by atoms with Crippen LogP contribution in [0.25, 0.3) is 0 Å². The van der Waals surface area contributed by atoms with Gasteiger partial charge in [-0.15, -0.1) is 0 Å². The molecule has 3 nitrogen and oxygen atoms in total. The van der Waals surface area contributed by atoms with Crippen LogP contribution in [0.4, 0.5) is 5.69 Å². The number of carbonyl (C=O) groups excluding carboxylic acids is 1. The summed E-state index contributed by atoms with van der Waals surface area (Å²) in [7, 11) is 0. The molecule has 0 saturated heterocycles. The lowest BCUT2D eigenvalue weighted by Gasteiger charge is -2.04. The molecule has 14 heavy (non-hydrogen) atoms. The molecular formula is C10H7ClN2O. The van der Waals surface area contributed by atoms with Crippen LogP contribution < -0.4 is 5.32 Å². The quantitative estimate of drug-likeness (QED) is 0.756. The zero-order valence-electron chi connectivity index (χ0n) is 7.25. The molecule has 0 spiro atoms. The lowest BCUT2D eigenvalue weighted by atomic mass is 10.2. The molecule has 70 valence electrons. The Morgan fingerprint density at radius 3 is 2.86 bits per heavy atom. The number of anilines is 1. The van der Waals surface area contributed by atoms with E-state index in [0.717, 1.165) is 6.08 Å². The molecule has 0 aliphatic heterocycles. The summed E-state index contributed by atoms with van der Waals surface area (Å²) in [5.41, 5.74) is 0.919. The first-order chi connectivity index (χ1) is 6.67. The Bertz CT molecular complexity index is 421. The highest BCUT2D eigenvalue weighted by molar-refractivity contribution is 6.33. The number of carbonyl (C=O) groups is 1. The fraction of sp³-hybridized carbons (Fsp3) is 0. The Hall–Kier alpha value is -1.79. The van der Waals surface area contributed by atoms with E-state index in [2.05, 4.69) is 11.9 Å². The van der Waals surface area contributed by atoms with Crippen LogP contribution >= 0.6 is 11.6 Å². The van der Waals surface area contributed by atoms with Crippen LogP contribution in [-0.4, -0.2) is 5.91 Å². The van der Waals surface area contributed by atoms with Crippen molar-refractivity contribution in [3.63, 3.8) is 0 Å². The maximum atomic E-state index is 10.9. The first-order valence-electron chi connectivity index (χ1n) is 3.80. The fourth-order valence-electron chi connectivity index (χ4n) is 0.870. The summed E-state index contributed by atoms with van der Waals surface area (Å²) >= 11 is 5.81. The van der Waals surface area contributed by atoms with E-state index < -0.39 is 0 Å². The van der Waals surface area contributed by atoms with Crippen molar-refractivity contribution >= 4 is 23.2 Å². The number of hydrogen-bond donors (Lipinski definition) is 1. The van der Waals surface area contributed by atoms with Crippen molar-refractivity contribution in [2.24, 2.45) is 0 Å². The molecule has 1 amide bonds. The van der Waals surface area contributed by atoms with E-state index in [4.69, 9.17) is 16.9 Å². The second kappa shape index (κ2) is 4.45. The summed E-state index contributed by atoms with van der Waals surface area (Å²) in [5.74, 6) is -0.336. The van der Waals surface area contributed by atoms with Gasteiger partial charge in [0.05, 0.1) is 22.3 Å². The van der Waals surface area contributed by atoms with E-state index >= 15 is 0 Å². The topological polar surface area (TPSA) is 52.9 Å². The molecule has 0 atom stereocenters. The lowest BCUT2D eigenvalue weighted by molar-refractivity contribution is -0.111. The van der Waals surface area contributed by atoms with E-state index in [9.17, 15) is 4.79 Å². The monoisotopic (exact) mass is 206 g/mol. The van der Waals surface area contributed by atoms with E-state index in [1.54, 1.807) is 12.1 Å². The van der Waals surface area contributed by atoms with E-state index in [-0.39, 0.29) is 5.91 Å². The number of benzene rings is 1. The van der Waals surface area contributed by atoms with Gasteiger partial charge in [0, 0.05) is 0 Å². The van der Waals surface area contributed by atoms with Crippen LogP contribution in [0.3, 0.4) is 0 Å². The summed E-state index contributed by atoms with van der Waals surface area (Å²) in [4.78, 5) is 10.9. The Labute approximate surface area is 86.6 Å². The fourth-order valence-corrected chi connectivity index (χ4v) is 1.10. The molecular weight excluding hydrogens is 200 g/mol. The van der Waals surface area contributed by atoms with Crippen molar-refractivity contribution in [1.82, 2.24) is 0 Å². The third-order valence-electron chi connectivity index (χ3n) is 1.54. The number of nitrogens with one attached hydrogen (secondary N) is 1. The van der Waals surface area contributed by atoms with Gasteiger partial charge in [-0.1, -0.05) is 18.2 Å². The van der Waals surface area contributed by atoms with Crippen molar-refractivity contribution in [1.29, 1.82) is 5.26 Å². The smallest absolute Gasteiger partial charge is 0.247 e. The minimum Gasteiger partial charge on any atom is -0.321 e. The van der Waals surface area contributed by atoms with Crippen LogP contribution in [0.1, 0.15) is 5.56 Å². The van der Waals surface area contributed by atoms with Gasteiger partial charge in [-0.3, -0.25) is 4.79 Å². The highest BCUT2D eigenvalue weighted by Crippen LogP contribution is 2.22. The van der Waals surface area contributed by atoms with Crippen molar-refractivity contribution in [2.45, 2.75) is 0 Å². The Morgan fingerprint density at radius 1 is 1.64 bits per heavy atom. The molecule has 1 rings (SSSR count). The largest absolute Gasteiger partial charge is 0.321 e. The summed E-state index contributed by atoms with van der Waals surface area (Å²) in [6.45, 7) is 3.31. The van der Waals surface area contributed by atoms with Gasteiger partial charge in [0.15, 0.2) is 0 Å². The van der Waals surface area contributed by atoms with E-state index in [0.29, 0.717) is 16.3 Å². The SMILES string of the molecule is C=CC(=O)Nc1ccc(C#N)cc1Cl. The van der Waals surface area contributed by atoms with E-state index in [1.165, 1.54) is 6.07 Å². The summed E-state index contributed by atoms with van der Waals surface area (Å²) in [5, 5.41) is 11.4. The molecule has 0 unspecified atom stereocenters. The minimum atomic E-state index is -0.336. The molecule has 0 aromatic heterocycles. The van der Waals surface area contributed by atoms with Crippen molar-refractivity contribution in [2.75, 3.05) is 5.32 Å². The third kappa shape index (κ3) is 2.35. The van der Waals surface area contributed by atoms with Gasteiger partial charge < -0.3 is 5.32 Å². The van der Waals surface area contributed by atoms with Gasteiger partial charge >= 0.3 is 0 Å². The Kier molecular flexibility index (Phi) is 3.27. The molecule has 0 bridgehead atoms. The molecule has 1 aromatic carbocycles. The standard InChI is InChI=1S/C10H7ClN2O/c1-2-10(14)13-9-4-3-7(6-12)5-8(9)11/h2-5H,1H2,(H,13,14). The van der Waals surface area contributed by atoms with Crippen LogP contribution in [0.2, 0.25) is 5.02 Å². The molecule has 0 heterocycles. The lowest BCUT2D eigenvalue weighted by Crippen LogP contribution is -2.07. The molecule has 0 radical (unpaired) electrons. The van der Waals surface area contributed by atoms with Gasteiger partial charge in [0.25, 0.3) is 0 Å². The van der Waals surface area contributed by atoms with Gasteiger partial charge in [0.1, 0.15) is 0 Å². The molecule has 0 saturated carbocycles. The first-order valence-corrected chi connectivity index (χ1v) is 4.18. The van der Waals surface area contributed by atoms with Crippen LogP contribution in [0, 0.1) is 11.3 Å². The number of halogens is 1. The van der Waals surface area contributed by atoms with Crippen molar-refractivity contribution in [3.05, 3.63) is 41.4 Å². The average Bonchev–Trinajstić information content (AvgIpc) is 2.20. The number of amides is 1. The second-order valence-electron chi connectivity index (χ2n) is 2.50. The Balaban J connectivity index is 2.96. The van der Waals surface area contributed by atoms with Crippen LogP contribution in [-0.2, 0) is 4.79 Å². The molecule has 0 aliphatic rings. The summed E-state index contributed by atoms with van der Waals surface area (Å²) in [6.07, 6.45) is 1.15. The molecule has 0 aliphatic carbocycles. The first kappa shape index (κ1) is 10.3. The molecule has 4 heteroatoms. The highest BCUT2D eigenvalue weighted by atomic mass is 35.5. The second-order valence-corrected chi connectivity index (χ2v) is 2.91. The summed E-state index contributed by atoms with van der Waals surface area (Å²) < 4.78 is 0. The van der Waals surface area contributed by atoms with Crippen molar-refractivity contribution in [3.8, 4) is 6.07 Å². The Morgan fingerprint density at radius 2 is 2.36 bits per heavy atom. The van der Waals surface area contributed by atoms with E-state index in [1.807, 2.05) is 6.07 Å². The normalized spacial score (nSPS) is 8.86. The number of rotatable bonds is 2. The van der Waals surface area contributed by atoms with Gasteiger partial charge in [0.2, 0.25) is 5.91 Å². The van der Waals surface area contributed by atoms with Gasteiger partial charge in [-0.05, 0) is 24.3 Å². The number of nitrogens with zero attached hydrogens (tertiary/aromatic N) is 1. The maximum absolute atomic E-state index is 10.9. The zero-order chi connectivity index (χ0) is 10.6. The summed E-state index contributed by atoms with van der Waals surface area (Å²) in [6, 6.07) is 6.58. The minimum absolute atomic E-state index is 0.333. The number of nitriles is 1. The molecule has 1 aromatic rings. The van der Waals surface area contributed by atoms with Crippen molar-refractivity contribution < 1.29 is 4.79 Å². The third-order valence-corrected chi connectivity index (χ3v) is 1.85. The predicted octanol–water partition coefficient (Wildman–Crippen LogP) is 2.34. The predicted molar refractivity (Wildman–Crippen MR) is 55.0 cm³/mol. The van der Waals surface area contributed by atoms with Crippen LogP contribution in [0.15, 0.2) is 30.9 Å².